The molecule has 0 saturated heterocycles. The first kappa shape index (κ1) is 12.8. The van der Waals surface area contributed by atoms with E-state index in [1.807, 2.05) is 27.2 Å². The summed E-state index contributed by atoms with van der Waals surface area (Å²) in [7, 11) is 1.81. The van der Waals surface area contributed by atoms with Crippen LogP contribution < -0.4 is 0 Å². The second-order valence-electron chi connectivity index (χ2n) is 3.17. The molecule has 0 spiro atoms. The minimum atomic E-state index is 0.0581. The number of amides is 1. The van der Waals surface area contributed by atoms with Crippen molar-refractivity contribution in [1.29, 1.82) is 0 Å². The Morgan fingerprint density at radius 1 is 1.54 bits per heavy atom. The summed E-state index contributed by atoms with van der Waals surface area (Å²) in [4.78, 5) is 13.1. The van der Waals surface area contributed by atoms with E-state index < -0.39 is 0 Å². The van der Waals surface area contributed by atoms with Crippen LogP contribution in [0, 0.1) is 0 Å². The summed E-state index contributed by atoms with van der Waals surface area (Å²) in [6, 6.07) is 0. The third kappa shape index (κ3) is 6.90. The molecule has 0 aromatic carbocycles. The van der Waals surface area contributed by atoms with Gasteiger partial charge in [-0.05, 0) is 20.1 Å². The molecule has 0 saturated carbocycles. The zero-order valence-electron chi connectivity index (χ0n) is 8.87. The van der Waals surface area contributed by atoms with Crippen LogP contribution in [0.1, 0.15) is 13.8 Å². The van der Waals surface area contributed by atoms with Crippen molar-refractivity contribution in [3.63, 3.8) is 0 Å². The second kappa shape index (κ2) is 7.21. The first-order chi connectivity index (χ1) is 6.07. The quantitative estimate of drug-likeness (QED) is 0.653. The van der Waals surface area contributed by atoms with Gasteiger partial charge in [0.15, 0.2) is 0 Å². The minimum Gasteiger partial charge on any atom is -0.369 e. The average Bonchev–Trinajstić information content (AvgIpc) is 2.10. The van der Waals surface area contributed by atoms with Gasteiger partial charge in [0, 0.05) is 19.3 Å². The number of thioether (sulfide) groups is 1. The molecule has 3 nitrogen and oxygen atoms in total. The highest BCUT2D eigenvalue weighted by molar-refractivity contribution is 7.98. The maximum Gasteiger partial charge on any atom is 0.248 e. The highest BCUT2D eigenvalue weighted by Crippen LogP contribution is 1.95. The van der Waals surface area contributed by atoms with Crippen molar-refractivity contribution in [3.05, 3.63) is 0 Å². The minimum absolute atomic E-state index is 0.0581. The summed E-state index contributed by atoms with van der Waals surface area (Å²) in [5.41, 5.74) is 0. The lowest BCUT2D eigenvalue weighted by Gasteiger charge is -2.17. The lowest BCUT2D eigenvalue weighted by Crippen LogP contribution is -2.32. The summed E-state index contributed by atoms with van der Waals surface area (Å²) < 4.78 is 5.21. The van der Waals surface area contributed by atoms with Gasteiger partial charge in [-0.1, -0.05) is 0 Å². The summed E-state index contributed by atoms with van der Waals surface area (Å²) in [5.74, 6) is 1.03. The molecule has 0 rings (SSSR count). The van der Waals surface area contributed by atoms with Crippen LogP contribution in [-0.2, 0) is 9.53 Å². The molecule has 0 bridgehead atoms. The van der Waals surface area contributed by atoms with Crippen LogP contribution >= 0.6 is 11.8 Å². The number of likely N-dealkylation sites (N-methyl/N-ethyl adjacent to an activating group) is 1. The molecular formula is C9H19NO2S. The van der Waals surface area contributed by atoms with Crippen LogP contribution in [0.2, 0.25) is 0 Å². The van der Waals surface area contributed by atoms with Crippen molar-refractivity contribution in [2.45, 2.75) is 20.0 Å². The van der Waals surface area contributed by atoms with E-state index in [-0.39, 0.29) is 18.6 Å². The molecule has 0 atom stereocenters. The molecule has 0 heterocycles. The topological polar surface area (TPSA) is 29.5 Å². The largest absolute Gasteiger partial charge is 0.369 e. The molecule has 4 heteroatoms. The number of rotatable bonds is 6. The van der Waals surface area contributed by atoms with Crippen LogP contribution in [0.4, 0.5) is 0 Å². The van der Waals surface area contributed by atoms with Gasteiger partial charge in [0.05, 0.1) is 6.10 Å². The third-order valence-electron chi connectivity index (χ3n) is 1.60. The van der Waals surface area contributed by atoms with E-state index in [0.29, 0.717) is 0 Å². The summed E-state index contributed by atoms with van der Waals surface area (Å²) >= 11 is 1.74. The molecule has 0 aliphatic carbocycles. The van der Waals surface area contributed by atoms with E-state index in [4.69, 9.17) is 4.74 Å². The smallest absolute Gasteiger partial charge is 0.248 e. The zero-order chi connectivity index (χ0) is 10.3. The summed E-state index contributed by atoms with van der Waals surface area (Å²) in [6.45, 7) is 4.84. The first-order valence-corrected chi connectivity index (χ1v) is 5.81. The predicted octanol–water partition coefficient (Wildman–Crippen LogP) is 1.23. The van der Waals surface area contributed by atoms with Gasteiger partial charge in [-0.3, -0.25) is 4.79 Å². The molecule has 0 fully saturated rings. The van der Waals surface area contributed by atoms with Gasteiger partial charge in [0.2, 0.25) is 5.91 Å². The molecule has 0 aromatic rings. The molecule has 0 aromatic heterocycles. The Labute approximate surface area is 84.8 Å². The normalized spacial score (nSPS) is 10.5. The molecule has 1 amide bonds. The molecule has 0 aliphatic rings. The summed E-state index contributed by atoms with van der Waals surface area (Å²) in [5, 5.41) is 0. The number of ether oxygens (including phenoxy) is 1. The zero-order valence-corrected chi connectivity index (χ0v) is 9.69. The molecular weight excluding hydrogens is 186 g/mol. The Hall–Kier alpha value is -0.220. The van der Waals surface area contributed by atoms with Crippen LogP contribution in [0.3, 0.4) is 0 Å². The molecule has 78 valence electrons. The van der Waals surface area contributed by atoms with Crippen LogP contribution in [0.15, 0.2) is 0 Å². The molecule has 0 N–H and O–H groups in total. The monoisotopic (exact) mass is 205 g/mol. The third-order valence-corrected chi connectivity index (χ3v) is 2.19. The van der Waals surface area contributed by atoms with Crippen molar-refractivity contribution in [2.75, 3.05) is 32.2 Å². The van der Waals surface area contributed by atoms with E-state index in [2.05, 4.69) is 0 Å². The summed E-state index contributed by atoms with van der Waals surface area (Å²) in [6.07, 6.45) is 2.15. The molecule has 13 heavy (non-hydrogen) atoms. The van der Waals surface area contributed by atoms with Crippen molar-refractivity contribution < 1.29 is 9.53 Å². The maximum absolute atomic E-state index is 11.3. The van der Waals surface area contributed by atoms with E-state index in [1.165, 1.54) is 0 Å². The van der Waals surface area contributed by atoms with E-state index in [1.54, 1.807) is 16.7 Å². The van der Waals surface area contributed by atoms with Gasteiger partial charge in [0.1, 0.15) is 6.61 Å². The molecule has 0 aliphatic heterocycles. The number of hydrogen-bond acceptors (Lipinski definition) is 3. The van der Waals surface area contributed by atoms with Gasteiger partial charge in [0.25, 0.3) is 0 Å². The van der Waals surface area contributed by atoms with E-state index in [9.17, 15) is 4.79 Å². The Kier molecular flexibility index (Phi) is 7.09. The van der Waals surface area contributed by atoms with Crippen LogP contribution in [-0.4, -0.2) is 49.1 Å². The fraction of sp³-hybridized carbons (Fsp3) is 0.889. The Morgan fingerprint density at radius 3 is 2.62 bits per heavy atom. The van der Waals surface area contributed by atoms with Gasteiger partial charge in [-0.25, -0.2) is 0 Å². The fourth-order valence-electron chi connectivity index (χ4n) is 0.701. The van der Waals surface area contributed by atoms with E-state index >= 15 is 0 Å². The predicted molar refractivity (Wildman–Crippen MR) is 57.1 cm³/mol. The van der Waals surface area contributed by atoms with Gasteiger partial charge >= 0.3 is 0 Å². The SMILES string of the molecule is CSCCN(C)C(=O)COC(C)C. The number of carbonyl (C=O) groups is 1. The highest BCUT2D eigenvalue weighted by Gasteiger charge is 2.08. The van der Waals surface area contributed by atoms with Crippen LogP contribution in [0.25, 0.3) is 0 Å². The van der Waals surface area contributed by atoms with Gasteiger partial charge in [-0.2, -0.15) is 11.8 Å². The molecule has 0 unspecified atom stereocenters. The Balaban J connectivity index is 3.57. The Bertz CT molecular complexity index is 151. The van der Waals surface area contributed by atoms with Crippen LogP contribution in [0.5, 0.6) is 0 Å². The molecule has 0 radical (unpaired) electrons. The first-order valence-electron chi connectivity index (χ1n) is 4.42. The Morgan fingerprint density at radius 2 is 2.15 bits per heavy atom. The lowest BCUT2D eigenvalue weighted by atomic mass is 10.4. The van der Waals surface area contributed by atoms with Crippen molar-refractivity contribution in [1.82, 2.24) is 4.90 Å². The number of hydrogen-bond donors (Lipinski definition) is 0. The fourth-order valence-corrected chi connectivity index (χ4v) is 1.16. The van der Waals surface area contributed by atoms with Gasteiger partial charge in [-0.15, -0.1) is 0 Å². The second-order valence-corrected chi connectivity index (χ2v) is 4.15. The number of carbonyl (C=O) groups excluding carboxylic acids is 1. The maximum atomic E-state index is 11.3. The number of nitrogens with zero attached hydrogens (tertiary/aromatic N) is 1. The average molecular weight is 205 g/mol. The van der Waals surface area contributed by atoms with Crippen molar-refractivity contribution in [2.24, 2.45) is 0 Å². The van der Waals surface area contributed by atoms with E-state index in [0.717, 1.165) is 12.3 Å². The standard InChI is InChI=1S/C9H19NO2S/c1-8(2)12-7-9(11)10(3)5-6-13-4/h8H,5-7H2,1-4H3. The lowest BCUT2D eigenvalue weighted by molar-refractivity contribution is -0.135. The van der Waals surface area contributed by atoms with Crippen molar-refractivity contribution >= 4 is 17.7 Å². The van der Waals surface area contributed by atoms with Crippen molar-refractivity contribution in [3.8, 4) is 0 Å². The van der Waals surface area contributed by atoms with Gasteiger partial charge < -0.3 is 9.64 Å². The highest BCUT2D eigenvalue weighted by atomic mass is 32.2.